The van der Waals surface area contributed by atoms with Crippen LogP contribution in [-0.2, 0) is 17.8 Å². The van der Waals surface area contributed by atoms with E-state index in [-0.39, 0.29) is 0 Å². The Labute approximate surface area is 87.4 Å². The second kappa shape index (κ2) is 5.26. The Balaban J connectivity index is 2.40. The molecule has 1 rings (SSSR count). The fourth-order valence-corrected chi connectivity index (χ4v) is 2.31. The van der Waals surface area contributed by atoms with Gasteiger partial charge in [0, 0.05) is 25.2 Å². The van der Waals surface area contributed by atoms with Crippen molar-refractivity contribution in [2.24, 2.45) is 7.05 Å². The summed E-state index contributed by atoms with van der Waals surface area (Å²) in [6.45, 7) is 0.968. The van der Waals surface area contributed by atoms with Crippen LogP contribution in [-0.4, -0.2) is 45.1 Å². The predicted octanol–water partition coefficient (Wildman–Crippen LogP) is 0.479. The maximum atomic E-state index is 11.7. The highest BCUT2D eigenvalue weighted by Crippen LogP contribution is 2.03. The Morgan fingerprint density at radius 2 is 2.29 bits per heavy atom. The average molecular weight is 215 g/mol. The maximum absolute atomic E-state index is 11.7. The smallest absolute Gasteiger partial charge is 0.198 e. The molecular weight excluding hydrogens is 198 g/mol. The van der Waals surface area contributed by atoms with Gasteiger partial charge in [0.05, 0.1) is 10.8 Å². The van der Waals surface area contributed by atoms with Gasteiger partial charge in [-0.15, -0.1) is 0 Å². The molecule has 1 atom stereocenters. The molecule has 80 valence electrons. The summed E-state index contributed by atoms with van der Waals surface area (Å²) in [7, 11) is 4.95. The van der Waals surface area contributed by atoms with Gasteiger partial charge in [0.2, 0.25) is 0 Å². The number of aromatic nitrogens is 2. The molecule has 0 amide bonds. The molecule has 0 saturated carbocycles. The quantitative estimate of drug-likeness (QED) is 0.717. The standard InChI is InChI=1S/C9H17N3OS/c1-11(2)6-4-8-14(13)9-10-5-7-12(9)3/h5,7H,4,6,8H2,1-3H3. The van der Waals surface area contributed by atoms with Crippen molar-refractivity contribution in [1.29, 1.82) is 0 Å². The molecule has 5 heteroatoms. The van der Waals surface area contributed by atoms with Gasteiger partial charge in [-0.3, -0.25) is 4.21 Å². The van der Waals surface area contributed by atoms with E-state index in [1.54, 1.807) is 6.20 Å². The number of rotatable bonds is 5. The van der Waals surface area contributed by atoms with Crippen LogP contribution in [0.15, 0.2) is 17.6 Å². The molecule has 0 fully saturated rings. The SMILES string of the molecule is CN(C)CCCS(=O)c1nccn1C. The van der Waals surface area contributed by atoms with Crippen molar-refractivity contribution >= 4 is 10.8 Å². The summed E-state index contributed by atoms with van der Waals surface area (Å²) in [6.07, 6.45) is 4.44. The highest BCUT2D eigenvalue weighted by Gasteiger charge is 2.08. The van der Waals surface area contributed by atoms with Crippen LogP contribution in [0.3, 0.4) is 0 Å². The Kier molecular flexibility index (Phi) is 4.28. The molecule has 0 saturated heterocycles. The second-order valence-electron chi connectivity index (χ2n) is 3.53. The van der Waals surface area contributed by atoms with Gasteiger partial charge in [0.25, 0.3) is 0 Å². The lowest BCUT2D eigenvalue weighted by atomic mass is 10.5. The molecule has 0 aliphatic carbocycles. The van der Waals surface area contributed by atoms with E-state index in [1.165, 1.54) is 0 Å². The second-order valence-corrected chi connectivity index (χ2v) is 4.99. The average Bonchev–Trinajstić information content (AvgIpc) is 2.50. The van der Waals surface area contributed by atoms with Crippen molar-refractivity contribution in [2.75, 3.05) is 26.4 Å². The molecule has 4 nitrogen and oxygen atoms in total. The van der Waals surface area contributed by atoms with Crippen LogP contribution in [0.1, 0.15) is 6.42 Å². The third kappa shape index (κ3) is 3.23. The van der Waals surface area contributed by atoms with Crippen LogP contribution in [0.5, 0.6) is 0 Å². The van der Waals surface area contributed by atoms with E-state index < -0.39 is 10.8 Å². The van der Waals surface area contributed by atoms with Gasteiger partial charge in [0.1, 0.15) is 0 Å². The van der Waals surface area contributed by atoms with Gasteiger partial charge >= 0.3 is 0 Å². The molecule has 1 heterocycles. The van der Waals surface area contributed by atoms with Gasteiger partial charge < -0.3 is 9.47 Å². The molecular formula is C9H17N3OS. The van der Waals surface area contributed by atoms with Crippen molar-refractivity contribution in [1.82, 2.24) is 14.5 Å². The van der Waals surface area contributed by atoms with Gasteiger partial charge in [-0.05, 0) is 27.1 Å². The number of hydrogen-bond acceptors (Lipinski definition) is 3. The predicted molar refractivity (Wildman–Crippen MR) is 57.7 cm³/mol. The first kappa shape index (κ1) is 11.4. The van der Waals surface area contributed by atoms with Crippen molar-refractivity contribution in [2.45, 2.75) is 11.6 Å². The molecule has 0 aliphatic rings. The van der Waals surface area contributed by atoms with Gasteiger partial charge in [-0.25, -0.2) is 4.98 Å². The highest BCUT2D eigenvalue weighted by molar-refractivity contribution is 7.84. The summed E-state index contributed by atoms with van der Waals surface area (Å²) in [5, 5.41) is 0.670. The zero-order valence-electron chi connectivity index (χ0n) is 8.93. The van der Waals surface area contributed by atoms with E-state index in [0.717, 1.165) is 13.0 Å². The minimum Gasteiger partial charge on any atom is -0.327 e. The number of hydrogen-bond donors (Lipinski definition) is 0. The van der Waals surface area contributed by atoms with Crippen LogP contribution in [0.4, 0.5) is 0 Å². The molecule has 0 bridgehead atoms. The zero-order valence-corrected chi connectivity index (χ0v) is 9.75. The summed E-state index contributed by atoms with van der Waals surface area (Å²) in [6, 6.07) is 0. The molecule has 1 aromatic rings. The summed E-state index contributed by atoms with van der Waals surface area (Å²) < 4.78 is 13.5. The third-order valence-corrected chi connectivity index (χ3v) is 3.38. The van der Waals surface area contributed by atoms with E-state index in [0.29, 0.717) is 10.9 Å². The number of imidazole rings is 1. The fraction of sp³-hybridized carbons (Fsp3) is 0.667. The summed E-state index contributed by atoms with van der Waals surface area (Å²) in [4.78, 5) is 6.16. The molecule has 0 spiro atoms. The molecule has 14 heavy (non-hydrogen) atoms. The normalized spacial score (nSPS) is 13.4. The van der Waals surface area contributed by atoms with Crippen molar-refractivity contribution < 1.29 is 4.21 Å². The van der Waals surface area contributed by atoms with Gasteiger partial charge in [-0.2, -0.15) is 0 Å². The largest absolute Gasteiger partial charge is 0.327 e. The van der Waals surface area contributed by atoms with E-state index >= 15 is 0 Å². The first-order valence-electron chi connectivity index (χ1n) is 4.61. The molecule has 1 aromatic heterocycles. The molecule has 0 aliphatic heterocycles. The summed E-state index contributed by atoms with van der Waals surface area (Å²) >= 11 is 0. The number of aryl methyl sites for hydroxylation is 1. The lowest BCUT2D eigenvalue weighted by Gasteiger charge is -2.08. The van der Waals surface area contributed by atoms with Crippen LogP contribution in [0, 0.1) is 0 Å². The molecule has 0 aromatic carbocycles. The van der Waals surface area contributed by atoms with E-state index in [2.05, 4.69) is 9.88 Å². The topological polar surface area (TPSA) is 38.1 Å². The van der Waals surface area contributed by atoms with Gasteiger partial charge in [0.15, 0.2) is 5.16 Å². The summed E-state index contributed by atoms with van der Waals surface area (Å²) in [5.74, 6) is 0.684. The van der Waals surface area contributed by atoms with E-state index in [4.69, 9.17) is 0 Å². The Bertz CT molecular complexity index is 309. The summed E-state index contributed by atoms with van der Waals surface area (Å²) in [5.41, 5.74) is 0. The Morgan fingerprint density at radius 3 is 2.79 bits per heavy atom. The van der Waals surface area contributed by atoms with Crippen LogP contribution in [0.25, 0.3) is 0 Å². The van der Waals surface area contributed by atoms with Gasteiger partial charge in [-0.1, -0.05) is 0 Å². The minimum atomic E-state index is -0.955. The monoisotopic (exact) mass is 215 g/mol. The molecule has 0 N–H and O–H groups in total. The lowest BCUT2D eigenvalue weighted by Crippen LogP contribution is -2.16. The molecule has 0 radical (unpaired) electrons. The van der Waals surface area contributed by atoms with Crippen molar-refractivity contribution in [3.05, 3.63) is 12.4 Å². The van der Waals surface area contributed by atoms with E-state index in [1.807, 2.05) is 31.9 Å². The van der Waals surface area contributed by atoms with E-state index in [9.17, 15) is 4.21 Å². The Hall–Kier alpha value is -0.680. The first-order chi connectivity index (χ1) is 6.61. The minimum absolute atomic E-state index is 0.670. The first-order valence-corrected chi connectivity index (χ1v) is 5.93. The van der Waals surface area contributed by atoms with Crippen molar-refractivity contribution in [3.8, 4) is 0 Å². The highest BCUT2D eigenvalue weighted by atomic mass is 32.2. The zero-order chi connectivity index (χ0) is 10.6. The maximum Gasteiger partial charge on any atom is 0.198 e. The fourth-order valence-electron chi connectivity index (χ4n) is 1.17. The van der Waals surface area contributed by atoms with Crippen LogP contribution >= 0.6 is 0 Å². The van der Waals surface area contributed by atoms with Crippen LogP contribution in [0.2, 0.25) is 0 Å². The Morgan fingerprint density at radius 1 is 1.57 bits per heavy atom. The third-order valence-electron chi connectivity index (χ3n) is 1.92. The van der Waals surface area contributed by atoms with Crippen LogP contribution < -0.4 is 0 Å². The number of nitrogens with zero attached hydrogens (tertiary/aromatic N) is 3. The molecule has 1 unspecified atom stereocenters. The lowest BCUT2D eigenvalue weighted by molar-refractivity contribution is 0.409. The van der Waals surface area contributed by atoms with Crippen molar-refractivity contribution in [3.63, 3.8) is 0 Å².